The fraction of sp³-hybridized carbons (Fsp3) is 0.417. The Hall–Kier alpha value is -1.22. The highest BCUT2D eigenvalue weighted by molar-refractivity contribution is 14.1. The van der Waals surface area contributed by atoms with Crippen molar-refractivity contribution in [2.45, 2.75) is 26.5 Å². The van der Waals surface area contributed by atoms with Gasteiger partial charge in [0.2, 0.25) is 0 Å². The molecule has 2 N–H and O–H groups in total. The lowest BCUT2D eigenvalue weighted by Crippen LogP contribution is -2.05. The molecular formula is C12H16IN5O. The van der Waals surface area contributed by atoms with Crippen molar-refractivity contribution < 1.29 is 4.74 Å². The summed E-state index contributed by atoms with van der Waals surface area (Å²) in [5, 5.41) is 4.27. The highest BCUT2D eigenvalue weighted by atomic mass is 127. The van der Waals surface area contributed by atoms with Crippen LogP contribution in [0.4, 0.5) is 5.82 Å². The third kappa shape index (κ3) is 3.21. The Kier molecular flexibility index (Phi) is 4.70. The topological polar surface area (TPSA) is 78.9 Å². The van der Waals surface area contributed by atoms with Gasteiger partial charge in [-0.05, 0) is 29.0 Å². The first-order valence-electron chi connectivity index (χ1n) is 5.99. The van der Waals surface area contributed by atoms with Gasteiger partial charge in [-0.3, -0.25) is 4.68 Å². The summed E-state index contributed by atoms with van der Waals surface area (Å²) in [4.78, 5) is 8.80. The Balaban J connectivity index is 2.37. The lowest BCUT2D eigenvalue weighted by molar-refractivity contribution is 0.181. The van der Waals surface area contributed by atoms with Gasteiger partial charge in [0.15, 0.2) is 5.82 Å². The second-order valence-electron chi connectivity index (χ2n) is 4.12. The molecule has 0 bridgehead atoms. The minimum absolute atomic E-state index is 0.418. The lowest BCUT2D eigenvalue weighted by Gasteiger charge is -2.07. The van der Waals surface area contributed by atoms with Crippen molar-refractivity contribution in [1.29, 1.82) is 0 Å². The highest BCUT2D eigenvalue weighted by Crippen LogP contribution is 2.22. The molecule has 0 aromatic carbocycles. The highest BCUT2D eigenvalue weighted by Gasteiger charge is 2.12. The second-order valence-corrected chi connectivity index (χ2v) is 5.20. The summed E-state index contributed by atoms with van der Waals surface area (Å²) in [5.41, 5.74) is 7.58. The van der Waals surface area contributed by atoms with Crippen molar-refractivity contribution in [3.8, 4) is 11.4 Å². The minimum atomic E-state index is 0.418. The number of halogens is 1. The quantitative estimate of drug-likeness (QED) is 0.812. The molecule has 0 radical (unpaired) electrons. The first-order chi connectivity index (χ1) is 9.15. The van der Waals surface area contributed by atoms with Crippen LogP contribution in [0.3, 0.4) is 0 Å². The largest absolute Gasteiger partial charge is 0.383 e. The maximum Gasteiger partial charge on any atom is 0.165 e. The van der Waals surface area contributed by atoms with E-state index < -0.39 is 0 Å². The molecule has 2 aromatic heterocycles. The summed E-state index contributed by atoms with van der Waals surface area (Å²) >= 11 is 2.13. The van der Waals surface area contributed by atoms with Crippen LogP contribution in [0.5, 0.6) is 0 Å². The number of nitrogens with two attached hydrogens (primary N) is 1. The molecule has 0 aliphatic heterocycles. The van der Waals surface area contributed by atoms with Crippen LogP contribution in [-0.4, -0.2) is 26.9 Å². The van der Waals surface area contributed by atoms with E-state index in [1.54, 1.807) is 13.3 Å². The maximum atomic E-state index is 5.91. The van der Waals surface area contributed by atoms with Crippen LogP contribution >= 0.6 is 22.6 Å². The van der Waals surface area contributed by atoms with E-state index in [0.717, 1.165) is 27.8 Å². The zero-order valence-corrected chi connectivity index (χ0v) is 13.1. The van der Waals surface area contributed by atoms with E-state index >= 15 is 0 Å². The molecule has 0 unspecified atom stereocenters. The van der Waals surface area contributed by atoms with E-state index in [0.29, 0.717) is 18.2 Å². The molecule has 2 rings (SSSR count). The van der Waals surface area contributed by atoms with Crippen molar-refractivity contribution in [1.82, 2.24) is 19.7 Å². The molecule has 0 spiro atoms. The van der Waals surface area contributed by atoms with Crippen LogP contribution in [0.15, 0.2) is 12.4 Å². The third-order valence-electron chi connectivity index (χ3n) is 2.57. The number of nitrogen functional groups attached to an aromatic ring is 1. The zero-order valence-electron chi connectivity index (χ0n) is 10.9. The van der Waals surface area contributed by atoms with Crippen LogP contribution in [0, 0.1) is 3.57 Å². The predicted octanol–water partition coefficient (Wildman–Crippen LogP) is 2.08. The summed E-state index contributed by atoms with van der Waals surface area (Å²) < 4.78 is 7.84. The number of nitrogens with zero attached hydrogens (tertiary/aromatic N) is 4. The minimum Gasteiger partial charge on any atom is -0.383 e. The van der Waals surface area contributed by atoms with Crippen LogP contribution in [-0.2, 0) is 17.9 Å². The molecule has 102 valence electrons. The third-order valence-corrected chi connectivity index (χ3v) is 3.75. The van der Waals surface area contributed by atoms with Gasteiger partial charge in [0.25, 0.3) is 0 Å². The van der Waals surface area contributed by atoms with E-state index in [1.807, 2.05) is 10.9 Å². The number of aryl methyl sites for hydroxylation is 1. The number of hydrogen-bond donors (Lipinski definition) is 1. The Morgan fingerprint density at radius 1 is 1.42 bits per heavy atom. The fourth-order valence-corrected chi connectivity index (χ4v) is 2.10. The van der Waals surface area contributed by atoms with Crippen molar-refractivity contribution in [2.24, 2.45) is 0 Å². The Labute approximate surface area is 125 Å². The van der Waals surface area contributed by atoms with Gasteiger partial charge in [-0.25, -0.2) is 9.97 Å². The normalized spacial score (nSPS) is 10.9. The van der Waals surface area contributed by atoms with Gasteiger partial charge in [0, 0.05) is 19.9 Å². The Morgan fingerprint density at radius 3 is 2.89 bits per heavy atom. The first kappa shape index (κ1) is 14.2. The summed E-state index contributed by atoms with van der Waals surface area (Å²) in [7, 11) is 1.63. The molecule has 0 amide bonds. The molecule has 0 aliphatic rings. The molecule has 19 heavy (non-hydrogen) atoms. The smallest absolute Gasteiger partial charge is 0.165 e. The van der Waals surface area contributed by atoms with Crippen molar-refractivity contribution >= 4 is 28.4 Å². The zero-order chi connectivity index (χ0) is 13.8. The fourth-order valence-electron chi connectivity index (χ4n) is 1.70. The van der Waals surface area contributed by atoms with Crippen LogP contribution in [0.2, 0.25) is 0 Å². The summed E-state index contributed by atoms with van der Waals surface area (Å²) in [5.74, 6) is 1.06. The van der Waals surface area contributed by atoms with Gasteiger partial charge in [0.05, 0.1) is 27.6 Å². The molecule has 0 fully saturated rings. The monoisotopic (exact) mass is 373 g/mol. The summed E-state index contributed by atoms with van der Waals surface area (Å²) in [6.45, 7) is 3.41. The number of methoxy groups -OCH3 is 1. The molecule has 2 aromatic rings. The number of ether oxygens (including phenoxy) is 1. The number of aromatic nitrogens is 4. The van der Waals surface area contributed by atoms with Gasteiger partial charge in [0.1, 0.15) is 5.82 Å². The SMILES string of the molecule is CCCn1cc(-c2nc(N)c(I)c(COC)n2)cn1. The van der Waals surface area contributed by atoms with E-state index in [1.165, 1.54) is 0 Å². The maximum absolute atomic E-state index is 5.91. The van der Waals surface area contributed by atoms with Crippen LogP contribution in [0.1, 0.15) is 19.0 Å². The average Bonchev–Trinajstić information content (AvgIpc) is 2.84. The van der Waals surface area contributed by atoms with Crippen molar-refractivity contribution in [3.63, 3.8) is 0 Å². The molecule has 0 saturated carbocycles. The molecule has 0 saturated heterocycles. The Bertz CT molecular complexity index is 569. The Morgan fingerprint density at radius 2 is 2.21 bits per heavy atom. The number of anilines is 1. The molecule has 2 heterocycles. The standard InChI is InChI=1S/C12H16IN5O/c1-3-4-18-6-8(5-15-18)12-16-9(7-19-2)10(13)11(14)17-12/h5-6H,3-4,7H2,1-2H3,(H2,14,16,17). The van der Waals surface area contributed by atoms with E-state index in [-0.39, 0.29) is 0 Å². The van der Waals surface area contributed by atoms with Gasteiger partial charge in [-0.15, -0.1) is 0 Å². The number of rotatable bonds is 5. The van der Waals surface area contributed by atoms with Gasteiger partial charge >= 0.3 is 0 Å². The molecule has 0 aliphatic carbocycles. The van der Waals surface area contributed by atoms with E-state index in [4.69, 9.17) is 10.5 Å². The molecule has 0 atom stereocenters. The number of hydrogen-bond acceptors (Lipinski definition) is 5. The van der Waals surface area contributed by atoms with E-state index in [2.05, 4.69) is 44.6 Å². The first-order valence-corrected chi connectivity index (χ1v) is 7.07. The predicted molar refractivity (Wildman–Crippen MR) is 81.4 cm³/mol. The van der Waals surface area contributed by atoms with Gasteiger partial charge in [-0.1, -0.05) is 6.92 Å². The van der Waals surface area contributed by atoms with E-state index in [9.17, 15) is 0 Å². The molecule has 7 heteroatoms. The molecular weight excluding hydrogens is 357 g/mol. The average molecular weight is 373 g/mol. The molecule has 6 nitrogen and oxygen atoms in total. The second kappa shape index (κ2) is 6.29. The van der Waals surface area contributed by atoms with Crippen LogP contribution < -0.4 is 5.73 Å². The van der Waals surface area contributed by atoms with Crippen molar-refractivity contribution in [3.05, 3.63) is 21.7 Å². The summed E-state index contributed by atoms with van der Waals surface area (Å²) in [6, 6.07) is 0. The van der Waals surface area contributed by atoms with Gasteiger partial charge in [-0.2, -0.15) is 5.10 Å². The van der Waals surface area contributed by atoms with Crippen LogP contribution in [0.25, 0.3) is 11.4 Å². The van der Waals surface area contributed by atoms with Crippen molar-refractivity contribution in [2.75, 3.05) is 12.8 Å². The summed E-state index contributed by atoms with van der Waals surface area (Å²) in [6.07, 6.45) is 4.72. The van der Waals surface area contributed by atoms with Gasteiger partial charge < -0.3 is 10.5 Å². The lowest BCUT2D eigenvalue weighted by atomic mass is 10.3.